The highest BCUT2D eigenvalue weighted by atomic mass is 32.1. The molecule has 0 aliphatic rings. The SMILES string of the molecule is c1ccc2c(c1)sc1cccc(-n3c4ccccc4c4c5c6ccccc6c6ccccc6c5c5c6ccccc6sc5c43)c12. The van der Waals surface area contributed by atoms with E-state index in [4.69, 9.17) is 0 Å². The van der Waals surface area contributed by atoms with Crippen LogP contribution in [0.25, 0.3) is 100 Å². The Labute approximate surface area is 265 Å². The van der Waals surface area contributed by atoms with Crippen LogP contribution in [0, 0.1) is 0 Å². The summed E-state index contributed by atoms with van der Waals surface area (Å²) in [7, 11) is 0. The standard InChI is InChI=1S/C42H23NS2/c1-3-14-26-24(12-1)25-13-2-4-15-27(25)38-37(26)39-28-16-5-8-19-31(28)43(41(39)42-40(38)30-18-7-10-22-34(30)45-42)32-20-11-23-35-36(32)29-17-6-9-21-33(29)44-35/h1-23H. The highest BCUT2D eigenvalue weighted by Crippen LogP contribution is 2.52. The first-order chi connectivity index (χ1) is 22.4. The molecule has 0 atom stereocenters. The van der Waals surface area contributed by atoms with E-state index in [-0.39, 0.29) is 0 Å². The summed E-state index contributed by atoms with van der Waals surface area (Å²) in [6, 6.07) is 51.8. The van der Waals surface area contributed by atoms with Gasteiger partial charge >= 0.3 is 0 Å². The van der Waals surface area contributed by atoms with Gasteiger partial charge in [0, 0.05) is 57.2 Å². The number of aromatic nitrogens is 1. The van der Waals surface area contributed by atoms with Gasteiger partial charge < -0.3 is 4.57 Å². The van der Waals surface area contributed by atoms with Crippen molar-refractivity contribution in [3.05, 3.63) is 140 Å². The molecule has 0 fully saturated rings. The first-order valence-corrected chi connectivity index (χ1v) is 17.0. The minimum atomic E-state index is 1.25. The van der Waals surface area contributed by atoms with Gasteiger partial charge in [-0.15, -0.1) is 22.7 Å². The summed E-state index contributed by atoms with van der Waals surface area (Å²) in [4.78, 5) is 0. The largest absolute Gasteiger partial charge is 0.307 e. The zero-order valence-corrected chi connectivity index (χ0v) is 25.7. The number of hydrogen-bond donors (Lipinski definition) is 0. The number of hydrogen-bond acceptors (Lipinski definition) is 2. The molecule has 3 heteroatoms. The molecule has 0 saturated carbocycles. The number of rotatable bonds is 1. The molecular weight excluding hydrogens is 583 g/mol. The van der Waals surface area contributed by atoms with Gasteiger partial charge in [0.25, 0.3) is 0 Å². The van der Waals surface area contributed by atoms with E-state index in [1.807, 2.05) is 22.7 Å². The Hall–Kier alpha value is -5.22. The van der Waals surface area contributed by atoms with Crippen LogP contribution in [0.15, 0.2) is 140 Å². The fourth-order valence-electron chi connectivity index (χ4n) is 8.02. The molecule has 0 N–H and O–H groups in total. The highest BCUT2D eigenvalue weighted by Gasteiger charge is 2.25. The number of benzene rings is 8. The molecule has 0 unspecified atom stereocenters. The van der Waals surface area contributed by atoms with Crippen LogP contribution in [-0.2, 0) is 0 Å². The van der Waals surface area contributed by atoms with Gasteiger partial charge in [-0.05, 0) is 51.9 Å². The van der Waals surface area contributed by atoms with E-state index in [2.05, 4.69) is 144 Å². The maximum Gasteiger partial charge on any atom is 0.0726 e. The molecule has 0 bridgehead atoms. The van der Waals surface area contributed by atoms with Crippen molar-refractivity contribution in [2.24, 2.45) is 0 Å². The van der Waals surface area contributed by atoms with Gasteiger partial charge in [-0.3, -0.25) is 0 Å². The van der Waals surface area contributed by atoms with Crippen LogP contribution in [0.4, 0.5) is 0 Å². The van der Waals surface area contributed by atoms with Crippen molar-refractivity contribution in [1.82, 2.24) is 4.57 Å². The molecule has 0 amide bonds. The second kappa shape index (κ2) is 8.70. The Morgan fingerprint density at radius 1 is 0.333 bits per heavy atom. The highest BCUT2D eigenvalue weighted by molar-refractivity contribution is 7.27. The predicted octanol–water partition coefficient (Wildman–Crippen LogP) is 13.0. The Balaban J connectivity index is 1.53. The minimum absolute atomic E-state index is 1.25. The van der Waals surface area contributed by atoms with Crippen LogP contribution in [-0.4, -0.2) is 4.57 Å². The van der Waals surface area contributed by atoms with Gasteiger partial charge in [-0.25, -0.2) is 0 Å². The molecule has 0 spiro atoms. The maximum atomic E-state index is 2.59. The monoisotopic (exact) mass is 605 g/mol. The van der Waals surface area contributed by atoms with Crippen LogP contribution in [0.3, 0.4) is 0 Å². The normalized spacial score (nSPS) is 12.4. The average molecular weight is 606 g/mol. The summed E-state index contributed by atoms with van der Waals surface area (Å²) in [5, 5.41) is 16.0. The first-order valence-electron chi connectivity index (χ1n) is 15.4. The summed E-state index contributed by atoms with van der Waals surface area (Å²) in [6.07, 6.45) is 0. The number of para-hydroxylation sites is 1. The third-order valence-electron chi connectivity index (χ3n) is 9.74. The first kappa shape index (κ1) is 24.1. The van der Waals surface area contributed by atoms with E-state index in [1.165, 1.54) is 100 Å². The third-order valence-corrected chi connectivity index (χ3v) is 12.1. The lowest BCUT2D eigenvalue weighted by Crippen LogP contribution is -1.95. The van der Waals surface area contributed by atoms with Gasteiger partial charge in [0.1, 0.15) is 0 Å². The Morgan fingerprint density at radius 2 is 0.844 bits per heavy atom. The minimum Gasteiger partial charge on any atom is -0.307 e. The summed E-state index contributed by atoms with van der Waals surface area (Å²) < 4.78 is 7.93. The molecule has 0 radical (unpaired) electrons. The van der Waals surface area contributed by atoms with E-state index in [0.29, 0.717) is 0 Å². The fraction of sp³-hybridized carbons (Fsp3) is 0. The van der Waals surface area contributed by atoms with E-state index in [9.17, 15) is 0 Å². The lowest BCUT2D eigenvalue weighted by Gasteiger charge is -2.15. The van der Waals surface area contributed by atoms with Gasteiger partial charge in [-0.1, -0.05) is 109 Å². The molecule has 8 aromatic carbocycles. The number of nitrogens with zero attached hydrogens (tertiary/aromatic N) is 1. The summed E-state index contributed by atoms with van der Waals surface area (Å²) >= 11 is 3.82. The second-order valence-electron chi connectivity index (χ2n) is 12.0. The number of fused-ring (bicyclic) bond motifs is 18. The van der Waals surface area contributed by atoms with Crippen LogP contribution in [0.5, 0.6) is 0 Å². The second-order valence-corrected chi connectivity index (χ2v) is 14.1. The van der Waals surface area contributed by atoms with E-state index < -0.39 is 0 Å². The predicted molar refractivity (Wildman–Crippen MR) is 199 cm³/mol. The Morgan fingerprint density at radius 3 is 1.56 bits per heavy atom. The van der Waals surface area contributed by atoms with Gasteiger partial charge in [-0.2, -0.15) is 0 Å². The molecule has 11 aromatic rings. The van der Waals surface area contributed by atoms with Crippen molar-refractivity contribution >= 4 is 117 Å². The van der Waals surface area contributed by atoms with Gasteiger partial charge in [0.05, 0.1) is 21.4 Å². The van der Waals surface area contributed by atoms with Crippen LogP contribution in [0.2, 0.25) is 0 Å². The topological polar surface area (TPSA) is 4.93 Å². The van der Waals surface area contributed by atoms with Crippen LogP contribution >= 0.6 is 22.7 Å². The molecule has 45 heavy (non-hydrogen) atoms. The maximum absolute atomic E-state index is 2.59. The van der Waals surface area contributed by atoms with Crippen molar-refractivity contribution in [3.8, 4) is 5.69 Å². The van der Waals surface area contributed by atoms with Gasteiger partial charge in [0.15, 0.2) is 0 Å². The Bertz CT molecular complexity index is 3040. The molecule has 208 valence electrons. The van der Waals surface area contributed by atoms with Crippen molar-refractivity contribution in [2.75, 3.05) is 0 Å². The van der Waals surface area contributed by atoms with Crippen molar-refractivity contribution in [1.29, 1.82) is 0 Å². The van der Waals surface area contributed by atoms with Crippen molar-refractivity contribution < 1.29 is 0 Å². The molecule has 0 aliphatic carbocycles. The summed E-state index contributed by atoms with van der Waals surface area (Å²) in [5.74, 6) is 0. The number of thiophene rings is 2. The molecule has 3 heterocycles. The molecule has 11 rings (SSSR count). The van der Waals surface area contributed by atoms with E-state index in [1.54, 1.807) is 0 Å². The van der Waals surface area contributed by atoms with Crippen LogP contribution in [0.1, 0.15) is 0 Å². The Kier molecular flexibility index (Phi) is 4.67. The van der Waals surface area contributed by atoms with Gasteiger partial charge in [0.2, 0.25) is 0 Å². The smallest absolute Gasteiger partial charge is 0.0726 e. The average Bonchev–Trinajstić information content (AvgIpc) is 3.78. The quantitative estimate of drug-likeness (QED) is 0.164. The molecular formula is C42H23NS2. The van der Waals surface area contributed by atoms with Crippen molar-refractivity contribution in [3.63, 3.8) is 0 Å². The van der Waals surface area contributed by atoms with Crippen molar-refractivity contribution in [2.45, 2.75) is 0 Å². The zero-order chi connectivity index (χ0) is 29.2. The lowest BCUT2D eigenvalue weighted by molar-refractivity contribution is 1.21. The molecule has 0 saturated heterocycles. The summed E-state index contributed by atoms with van der Waals surface area (Å²) in [6.45, 7) is 0. The molecule has 0 aliphatic heterocycles. The fourth-order valence-corrected chi connectivity index (χ4v) is 10.4. The summed E-state index contributed by atoms with van der Waals surface area (Å²) in [5.41, 5.74) is 3.81. The van der Waals surface area contributed by atoms with E-state index in [0.717, 1.165) is 0 Å². The molecule has 3 aromatic heterocycles. The zero-order valence-electron chi connectivity index (χ0n) is 24.0. The molecule has 1 nitrogen and oxygen atoms in total. The van der Waals surface area contributed by atoms with E-state index >= 15 is 0 Å². The van der Waals surface area contributed by atoms with Crippen LogP contribution < -0.4 is 0 Å². The lowest BCUT2D eigenvalue weighted by atomic mass is 9.89. The third kappa shape index (κ3) is 3.02.